The maximum atomic E-state index is 5.82. The first kappa shape index (κ1) is 9.92. The summed E-state index contributed by atoms with van der Waals surface area (Å²) in [5.41, 5.74) is 5.77. The molecule has 10 heavy (non-hydrogen) atoms. The summed E-state index contributed by atoms with van der Waals surface area (Å²) < 4.78 is 0. The molecule has 0 aliphatic rings. The molecular weight excluding hydrogens is 124 g/mol. The second-order valence-corrected chi connectivity index (χ2v) is 3.73. The van der Waals surface area contributed by atoms with Gasteiger partial charge in [0.25, 0.3) is 0 Å². The van der Waals surface area contributed by atoms with Crippen LogP contribution in [0.15, 0.2) is 0 Å². The molecule has 0 spiro atoms. The number of nitrogens with two attached hydrogens (primary N) is 1. The van der Waals surface area contributed by atoms with Gasteiger partial charge in [-0.3, -0.25) is 0 Å². The largest absolute Gasteiger partial charge is 0.324 e. The standard InChI is InChI=1S/C8H20N2/c1-5-6-10(4)7-8(2,3)9/h5-7,9H2,1-4H3. The van der Waals surface area contributed by atoms with E-state index in [9.17, 15) is 0 Å². The molecule has 0 radical (unpaired) electrons. The van der Waals surface area contributed by atoms with E-state index in [2.05, 4.69) is 32.7 Å². The minimum absolute atomic E-state index is 0.0517. The van der Waals surface area contributed by atoms with Crippen molar-refractivity contribution in [1.29, 1.82) is 0 Å². The lowest BCUT2D eigenvalue weighted by Gasteiger charge is -2.25. The van der Waals surface area contributed by atoms with Crippen LogP contribution in [0.3, 0.4) is 0 Å². The van der Waals surface area contributed by atoms with Crippen LogP contribution in [-0.2, 0) is 0 Å². The Hall–Kier alpha value is -0.0800. The van der Waals surface area contributed by atoms with Gasteiger partial charge in [0.1, 0.15) is 0 Å². The van der Waals surface area contributed by atoms with Crippen molar-refractivity contribution in [3.63, 3.8) is 0 Å². The van der Waals surface area contributed by atoms with Crippen LogP contribution in [0.25, 0.3) is 0 Å². The zero-order valence-corrected chi connectivity index (χ0v) is 7.65. The molecule has 0 amide bonds. The van der Waals surface area contributed by atoms with Gasteiger partial charge in [-0.2, -0.15) is 0 Å². The van der Waals surface area contributed by atoms with E-state index in [1.54, 1.807) is 0 Å². The molecule has 0 fully saturated rings. The van der Waals surface area contributed by atoms with E-state index in [0.717, 1.165) is 13.1 Å². The highest BCUT2D eigenvalue weighted by molar-refractivity contribution is 4.75. The molecule has 0 atom stereocenters. The molecule has 2 heteroatoms. The Morgan fingerprint density at radius 2 is 1.90 bits per heavy atom. The van der Waals surface area contributed by atoms with Gasteiger partial charge < -0.3 is 10.6 Å². The third-order valence-corrected chi connectivity index (χ3v) is 1.28. The first-order valence-electron chi connectivity index (χ1n) is 3.93. The van der Waals surface area contributed by atoms with Gasteiger partial charge in [-0.25, -0.2) is 0 Å². The van der Waals surface area contributed by atoms with E-state index in [1.807, 2.05) is 0 Å². The smallest absolute Gasteiger partial charge is 0.0225 e. The molecule has 0 aromatic heterocycles. The average Bonchev–Trinajstić information content (AvgIpc) is 1.59. The van der Waals surface area contributed by atoms with Crippen LogP contribution < -0.4 is 5.73 Å². The first-order valence-corrected chi connectivity index (χ1v) is 3.93. The van der Waals surface area contributed by atoms with Crippen LogP contribution in [0, 0.1) is 0 Å². The topological polar surface area (TPSA) is 29.3 Å². The van der Waals surface area contributed by atoms with Gasteiger partial charge in [0.2, 0.25) is 0 Å². The molecule has 62 valence electrons. The Morgan fingerprint density at radius 3 is 2.20 bits per heavy atom. The maximum Gasteiger partial charge on any atom is 0.0225 e. The first-order chi connectivity index (χ1) is 4.45. The summed E-state index contributed by atoms with van der Waals surface area (Å²) in [6.45, 7) is 8.40. The van der Waals surface area contributed by atoms with Crippen molar-refractivity contribution in [2.75, 3.05) is 20.1 Å². The van der Waals surface area contributed by atoms with Gasteiger partial charge in [0.05, 0.1) is 0 Å². The maximum absolute atomic E-state index is 5.82. The summed E-state index contributed by atoms with van der Waals surface area (Å²) in [7, 11) is 2.11. The predicted molar refractivity (Wildman–Crippen MR) is 46.1 cm³/mol. The third kappa shape index (κ3) is 6.05. The van der Waals surface area contributed by atoms with Gasteiger partial charge in [-0.15, -0.1) is 0 Å². The van der Waals surface area contributed by atoms with Crippen molar-refractivity contribution >= 4 is 0 Å². The van der Waals surface area contributed by atoms with Crippen molar-refractivity contribution in [3.8, 4) is 0 Å². The second kappa shape index (κ2) is 3.94. The normalized spacial score (nSPS) is 12.6. The summed E-state index contributed by atoms with van der Waals surface area (Å²) in [6.07, 6.45) is 1.20. The molecule has 0 aromatic rings. The number of nitrogens with zero attached hydrogens (tertiary/aromatic N) is 1. The van der Waals surface area contributed by atoms with Crippen LogP contribution in [0.4, 0.5) is 0 Å². The third-order valence-electron chi connectivity index (χ3n) is 1.28. The molecule has 2 N–H and O–H groups in total. The number of rotatable bonds is 4. The Morgan fingerprint density at radius 1 is 1.40 bits per heavy atom. The lowest BCUT2D eigenvalue weighted by atomic mass is 10.1. The SMILES string of the molecule is CCCN(C)CC(C)(C)N. The Kier molecular flexibility index (Phi) is 3.91. The fraction of sp³-hybridized carbons (Fsp3) is 1.00. The van der Waals surface area contributed by atoms with Crippen LogP contribution in [0.5, 0.6) is 0 Å². The molecule has 0 aliphatic heterocycles. The van der Waals surface area contributed by atoms with Gasteiger partial charge in [-0.05, 0) is 33.9 Å². The van der Waals surface area contributed by atoms with E-state index in [1.165, 1.54) is 6.42 Å². The summed E-state index contributed by atoms with van der Waals surface area (Å²) in [5, 5.41) is 0. The highest BCUT2D eigenvalue weighted by atomic mass is 15.1. The molecule has 0 bridgehead atoms. The van der Waals surface area contributed by atoms with Crippen molar-refractivity contribution in [1.82, 2.24) is 4.90 Å². The molecular formula is C8H20N2. The number of hydrogen-bond donors (Lipinski definition) is 1. The van der Waals surface area contributed by atoms with E-state index < -0.39 is 0 Å². The minimum atomic E-state index is -0.0517. The van der Waals surface area contributed by atoms with E-state index >= 15 is 0 Å². The fourth-order valence-electron chi connectivity index (χ4n) is 1.16. The van der Waals surface area contributed by atoms with Crippen molar-refractivity contribution in [2.45, 2.75) is 32.7 Å². The lowest BCUT2D eigenvalue weighted by Crippen LogP contribution is -2.44. The summed E-state index contributed by atoms with van der Waals surface area (Å²) in [4.78, 5) is 2.26. The Balaban J connectivity index is 3.47. The lowest BCUT2D eigenvalue weighted by molar-refractivity contribution is 0.270. The van der Waals surface area contributed by atoms with Crippen LogP contribution >= 0.6 is 0 Å². The summed E-state index contributed by atoms with van der Waals surface area (Å²) >= 11 is 0. The Bertz CT molecular complexity index is 83.7. The van der Waals surface area contributed by atoms with Crippen LogP contribution in [0.1, 0.15) is 27.2 Å². The number of likely N-dealkylation sites (N-methyl/N-ethyl adjacent to an activating group) is 1. The van der Waals surface area contributed by atoms with Crippen molar-refractivity contribution in [3.05, 3.63) is 0 Å². The second-order valence-electron chi connectivity index (χ2n) is 3.73. The van der Waals surface area contributed by atoms with E-state index in [4.69, 9.17) is 5.73 Å². The van der Waals surface area contributed by atoms with Crippen LogP contribution in [-0.4, -0.2) is 30.6 Å². The average molecular weight is 144 g/mol. The van der Waals surface area contributed by atoms with Crippen molar-refractivity contribution < 1.29 is 0 Å². The minimum Gasteiger partial charge on any atom is -0.324 e. The highest BCUT2D eigenvalue weighted by Gasteiger charge is 2.12. The van der Waals surface area contributed by atoms with Crippen molar-refractivity contribution in [2.24, 2.45) is 5.73 Å². The van der Waals surface area contributed by atoms with Gasteiger partial charge in [0, 0.05) is 12.1 Å². The van der Waals surface area contributed by atoms with Gasteiger partial charge in [-0.1, -0.05) is 6.92 Å². The summed E-state index contributed by atoms with van der Waals surface area (Å²) in [5.74, 6) is 0. The molecule has 2 nitrogen and oxygen atoms in total. The quantitative estimate of drug-likeness (QED) is 0.639. The molecule has 0 unspecified atom stereocenters. The fourth-order valence-corrected chi connectivity index (χ4v) is 1.16. The molecule has 0 aromatic carbocycles. The van der Waals surface area contributed by atoms with E-state index in [0.29, 0.717) is 0 Å². The predicted octanol–water partition coefficient (Wildman–Crippen LogP) is 1.07. The monoisotopic (exact) mass is 144 g/mol. The zero-order chi connectivity index (χ0) is 8.20. The van der Waals surface area contributed by atoms with Gasteiger partial charge in [0.15, 0.2) is 0 Å². The van der Waals surface area contributed by atoms with E-state index in [-0.39, 0.29) is 5.54 Å². The molecule has 0 saturated heterocycles. The number of hydrogen-bond acceptors (Lipinski definition) is 2. The highest BCUT2D eigenvalue weighted by Crippen LogP contribution is 1.99. The van der Waals surface area contributed by atoms with Gasteiger partial charge >= 0.3 is 0 Å². The molecule has 0 saturated carbocycles. The zero-order valence-electron chi connectivity index (χ0n) is 7.65. The molecule has 0 rings (SSSR count). The molecule has 0 heterocycles. The molecule has 0 aliphatic carbocycles. The van der Waals surface area contributed by atoms with Crippen LogP contribution in [0.2, 0.25) is 0 Å². The Labute approximate surface area is 64.4 Å². The summed E-state index contributed by atoms with van der Waals surface area (Å²) in [6, 6.07) is 0.